The van der Waals surface area contributed by atoms with Crippen LogP contribution in [-0.4, -0.2) is 42.3 Å². The summed E-state index contributed by atoms with van der Waals surface area (Å²) in [6.07, 6.45) is 6.04. The number of ether oxygens (including phenoxy) is 1. The number of nitriles is 1. The van der Waals surface area contributed by atoms with Crippen molar-refractivity contribution in [1.82, 2.24) is 9.55 Å². The first-order valence-corrected chi connectivity index (χ1v) is 12.3. The zero-order valence-electron chi connectivity index (χ0n) is 20.8. The van der Waals surface area contributed by atoms with Crippen molar-refractivity contribution >= 4 is 40.3 Å². The maximum atomic E-state index is 13.0. The van der Waals surface area contributed by atoms with Gasteiger partial charge in [0, 0.05) is 44.6 Å². The number of hydrogen-bond donors (Lipinski definition) is 2. The number of carbonyl (C=O) groups excluding carboxylic acids is 2. The quantitative estimate of drug-likeness (QED) is 0.427. The van der Waals surface area contributed by atoms with Gasteiger partial charge in [0.15, 0.2) is 0 Å². The Kier molecular flexibility index (Phi) is 8.18. The van der Waals surface area contributed by atoms with Crippen LogP contribution in [0.1, 0.15) is 44.1 Å². The van der Waals surface area contributed by atoms with Crippen LogP contribution in [-0.2, 0) is 16.1 Å². The molecule has 0 spiro atoms. The Morgan fingerprint density at radius 1 is 1.17 bits per heavy atom. The van der Waals surface area contributed by atoms with Gasteiger partial charge in [-0.15, -0.1) is 0 Å². The largest absolute Gasteiger partial charge is 0.385 e. The summed E-state index contributed by atoms with van der Waals surface area (Å²) < 4.78 is 7.14. The Morgan fingerprint density at radius 3 is 2.72 bits per heavy atom. The first-order valence-electron chi connectivity index (χ1n) is 12.3. The molecule has 0 radical (unpaired) electrons. The summed E-state index contributed by atoms with van der Waals surface area (Å²) in [5.74, 6) is 0.617. The third-order valence-corrected chi connectivity index (χ3v) is 6.61. The fourth-order valence-corrected chi connectivity index (χ4v) is 4.70. The van der Waals surface area contributed by atoms with E-state index in [-0.39, 0.29) is 11.8 Å². The number of rotatable bonds is 8. The van der Waals surface area contributed by atoms with Crippen molar-refractivity contribution in [3.8, 4) is 6.07 Å². The van der Waals surface area contributed by atoms with Crippen LogP contribution < -0.4 is 15.5 Å². The van der Waals surface area contributed by atoms with Crippen LogP contribution in [0, 0.1) is 17.2 Å². The van der Waals surface area contributed by atoms with E-state index in [0.717, 1.165) is 43.3 Å². The van der Waals surface area contributed by atoms with E-state index in [0.29, 0.717) is 35.9 Å². The molecule has 0 bridgehead atoms. The first-order chi connectivity index (χ1) is 17.5. The van der Waals surface area contributed by atoms with Crippen molar-refractivity contribution in [3.05, 3.63) is 48.0 Å². The van der Waals surface area contributed by atoms with Crippen LogP contribution in [0.25, 0.3) is 11.0 Å². The molecule has 0 aliphatic heterocycles. The van der Waals surface area contributed by atoms with Crippen molar-refractivity contribution in [2.75, 3.05) is 36.3 Å². The highest BCUT2D eigenvalue weighted by Crippen LogP contribution is 2.29. The average molecular weight is 489 g/mol. The predicted octanol–water partition coefficient (Wildman–Crippen LogP) is 5.13. The summed E-state index contributed by atoms with van der Waals surface area (Å²) in [5.41, 5.74) is 3.30. The minimum atomic E-state index is -0.460. The van der Waals surface area contributed by atoms with Crippen LogP contribution in [0.5, 0.6) is 0 Å². The lowest BCUT2D eigenvalue weighted by molar-refractivity contribution is -0.123. The van der Waals surface area contributed by atoms with Gasteiger partial charge in [-0.1, -0.05) is 25.3 Å². The molecule has 1 aliphatic carbocycles. The van der Waals surface area contributed by atoms with Crippen molar-refractivity contribution in [1.29, 1.82) is 5.26 Å². The van der Waals surface area contributed by atoms with Gasteiger partial charge in [0.05, 0.1) is 22.7 Å². The first kappa shape index (κ1) is 25.2. The van der Waals surface area contributed by atoms with Gasteiger partial charge in [-0.25, -0.2) is 9.78 Å². The SMILES string of the molecule is COCCCn1c(NC(=O)Nc2cccc(C#N)c2)nc2cc(N(C)C(=O)C3CCCCC3)ccc21. The number of nitrogens with one attached hydrogen (secondary N) is 2. The Morgan fingerprint density at radius 2 is 1.97 bits per heavy atom. The molecule has 0 atom stereocenters. The number of amides is 3. The standard InChI is InChI=1S/C27H32N6O3/c1-32(25(34)20-9-4-3-5-10-20)22-12-13-24-23(17-22)30-26(33(24)14-7-15-36-2)31-27(35)29-21-11-6-8-19(16-21)18-28/h6,8,11-13,16-17,20H,3-5,7,9-10,14-15H2,1-2H3,(H2,29,30,31,35). The lowest BCUT2D eigenvalue weighted by Crippen LogP contribution is -2.33. The highest BCUT2D eigenvalue weighted by molar-refractivity contribution is 6.00. The molecule has 9 nitrogen and oxygen atoms in total. The minimum Gasteiger partial charge on any atom is -0.385 e. The summed E-state index contributed by atoms with van der Waals surface area (Å²) in [6, 6.07) is 14.1. The number of nitrogens with zero attached hydrogens (tertiary/aromatic N) is 4. The Hall–Kier alpha value is -3.90. The number of fused-ring (bicyclic) bond motifs is 1. The zero-order valence-corrected chi connectivity index (χ0v) is 20.8. The van der Waals surface area contributed by atoms with Crippen LogP contribution in [0.15, 0.2) is 42.5 Å². The fourth-order valence-electron chi connectivity index (χ4n) is 4.70. The normalized spacial score (nSPS) is 13.8. The van der Waals surface area contributed by atoms with Crippen molar-refractivity contribution in [3.63, 3.8) is 0 Å². The van der Waals surface area contributed by atoms with Crippen LogP contribution in [0.3, 0.4) is 0 Å². The maximum Gasteiger partial charge on any atom is 0.326 e. The number of hydrogen-bond acceptors (Lipinski definition) is 5. The molecule has 1 aliphatic rings. The number of carbonyl (C=O) groups is 2. The average Bonchev–Trinajstić information content (AvgIpc) is 3.24. The van der Waals surface area contributed by atoms with Gasteiger partial charge in [0.25, 0.3) is 0 Å². The van der Waals surface area contributed by atoms with Gasteiger partial charge < -0.3 is 19.5 Å². The van der Waals surface area contributed by atoms with E-state index in [1.165, 1.54) is 6.42 Å². The van der Waals surface area contributed by atoms with Crippen molar-refractivity contribution in [2.45, 2.75) is 45.1 Å². The smallest absolute Gasteiger partial charge is 0.326 e. The van der Waals surface area contributed by atoms with Crippen LogP contribution in [0.2, 0.25) is 0 Å². The fraction of sp³-hybridized carbons (Fsp3) is 0.407. The van der Waals surface area contributed by atoms with E-state index in [9.17, 15) is 9.59 Å². The maximum absolute atomic E-state index is 13.0. The molecule has 2 N–H and O–H groups in total. The summed E-state index contributed by atoms with van der Waals surface area (Å²) in [6.45, 7) is 1.17. The number of urea groups is 1. The van der Waals surface area contributed by atoms with Gasteiger partial charge in [-0.05, 0) is 55.7 Å². The number of anilines is 3. The number of methoxy groups -OCH3 is 1. The van der Waals surface area contributed by atoms with E-state index >= 15 is 0 Å². The van der Waals surface area contributed by atoms with E-state index in [1.807, 2.05) is 29.8 Å². The van der Waals surface area contributed by atoms with Crippen molar-refractivity contribution < 1.29 is 14.3 Å². The predicted molar refractivity (Wildman–Crippen MR) is 140 cm³/mol. The second kappa shape index (κ2) is 11.7. The second-order valence-corrected chi connectivity index (χ2v) is 9.11. The molecule has 3 amide bonds. The topological polar surface area (TPSA) is 112 Å². The van der Waals surface area contributed by atoms with Gasteiger partial charge >= 0.3 is 6.03 Å². The lowest BCUT2D eigenvalue weighted by Gasteiger charge is -2.26. The summed E-state index contributed by atoms with van der Waals surface area (Å²) in [4.78, 5) is 32.2. The van der Waals surface area contributed by atoms with Gasteiger partial charge in [0.2, 0.25) is 11.9 Å². The second-order valence-electron chi connectivity index (χ2n) is 9.11. The third kappa shape index (κ3) is 5.83. The molecule has 0 saturated heterocycles. The minimum absolute atomic E-state index is 0.0755. The van der Waals surface area contributed by atoms with Gasteiger partial charge in [-0.2, -0.15) is 5.26 Å². The number of imidazole rings is 1. The molecule has 4 rings (SSSR count). The number of aryl methyl sites for hydroxylation is 1. The lowest BCUT2D eigenvalue weighted by atomic mass is 9.88. The third-order valence-electron chi connectivity index (χ3n) is 6.61. The number of benzene rings is 2. The van der Waals surface area contributed by atoms with Crippen molar-refractivity contribution in [2.24, 2.45) is 5.92 Å². The highest BCUT2D eigenvalue weighted by Gasteiger charge is 2.25. The summed E-state index contributed by atoms with van der Waals surface area (Å²) in [5, 5.41) is 14.7. The zero-order chi connectivity index (χ0) is 25.5. The molecular formula is C27H32N6O3. The molecule has 1 heterocycles. The molecular weight excluding hydrogens is 456 g/mol. The van der Waals surface area contributed by atoms with E-state index in [4.69, 9.17) is 10.00 Å². The van der Waals surface area contributed by atoms with Crippen LogP contribution in [0.4, 0.5) is 22.1 Å². The van der Waals surface area contributed by atoms with Gasteiger partial charge in [-0.3, -0.25) is 10.1 Å². The summed E-state index contributed by atoms with van der Waals surface area (Å²) >= 11 is 0. The molecule has 1 saturated carbocycles. The number of aromatic nitrogens is 2. The Balaban J connectivity index is 1.57. The van der Waals surface area contributed by atoms with Gasteiger partial charge in [0.1, 0.15) is 0 Å². The molecule has 1 fully saturated rings. The Labute approximate surface area is 211 Å². The molecule has 1 aromatic heterocycles. The molecule has 3 aromatic rings. The highest BCUT2D eigenvalue weighted by atomic mass is 16.5. The van der Waals surface area contributed by atoms with E-state index in [1.54, 1.807) is 36.3 Å². The van der Waals surface area contributed by atoms with E-state index in [2.05, 4.69) is 21.7 Å². The molecule has 9 heteroatoms. The molecule has 0 unspecified atom stereocenters. The monoisotopic (exact) mass is 488 g/mol. The molecule has 188 valence electrons. The van der Waals surface area contributed by atoms with Crippen LogP contribution >= 0.6 is 0 Å². The molecule has 36 heavy (non-hydrogen) atoms. The summed E-state index contributed by atoms with van der Waals surface area (Å²) in [7, 11) is 3.47. The molecule has 2 aromatic carbocycles. The Bertz CT molecular complexity index is 1270. The van der Waals surface area contributed by atoms with E-state index < -0.39 is 6.03 Å².